The van der Waals surface area contributed by atoms with Gasteiger partial charge in [-0.3, -0.25) is 9.88 Å². The van der Waals surface area contributed by atoms with E-state index in [1.165, 1.54) is 38.2 Å². The Morgan fingerprint density at radius 3 is 3.12 bits per heavy atom. The van der Waals surface area contributed by atoms with Crippen LogP contribution in [0.15, 0.2) is 24.4 Å². The summed E-state index contributed by atoms with van der Waals surface area (Å²) in [4.78, 5) is 7.06. The number of piperidine rings is 1. The number of hydrogen-bond acceptors (Lipinski definition) is 3. The van der Waals surface area contributed by atoms with Gasteiger partial charge in [-0.15, -0.1) is 0 Å². The van der Waals surface area contributed by atoms with E-state index in [0.717, 1.165) is 12.0 Å². The summed E-state index contributed by atoms with van der Waals surface area (Å²) >= 11 is 0. The van der Waals surface area contributed by atoms with E-state index in [1.807, 2.05) is 12.3 Å². The molecule has 0 saturated carbocycles. The quantitative estimate of drug-likeness (QED) is 0.841. The van der Waals surface area contributed by atoms with Crippen molar-refractivity contribution in [3.8, 4) is 0 Å². The summed E-state index contributed by atoms with van der Waals surface area (Å²) < 4.78 is 0. The van der Waals surface area contributed by atoms with Crippen molar-refractivity contribution in [2.75, 3.05) is 19.6 Å². The Labute approximate surface area is 103 Å². The summed E-state index contributed by atoms with van der Waals surface area (Å²) in [5.41, 5.74) is 1.20. The van der Waals surface area contributed by atoms with E-state index in [0.29, 0.717) is 6.04 Å². The van der Waals surface area contributed by atoms with Gasteiger partial charge in [-0.1, -0.05) is 6.07 Å². The summed E-state index contributed by atoms with van der Waals surface area (Å²) in [7, 11) is 0. The van der Waals surface area contributed by atoms with Crippen LogP contribution in [0.3, 0.4) is 0 Å². The van der Waals surface area contributed by atoms with Gasteiger partial charge in [0.2, 0.25) is 0 Å². The Kier molecular flexibility index (Phi) is 3.12. The van der Waals surface area contributed by atoms with E-state index in [9.17, 15) is 0 Å². The molecule has 3 atom stereocenters. The molecule has 0 aromatic carbocycles. The van der Waals surface area contributed by atoms with Crippen LogP contribution < -0.4 is 5.32 Å². The van der Waals surface area contributed by atoms with Crippen molar-refractivity contribution < 1.29 is 0 Å². The molecular weight excluding hydrogens is 210 g/mol. The molecule has 1 unspecified atom stereocenters. The average Bonchev–Trinajstić information content (AvgIpc) is 2.82. The first-order chi connectivity index (χ1) is 8.34. The van der Waals surface area contributed by atoms with Crippen LogP contribution in [-0.2, 0) is 0 Å². The standard InChI is InChI=1S/C14H21N3/c1-11(13-6-2-3-7-15-13)17-9-12-5-4-8-16-14(12)10-17/h2-3,6-7,11-12,14,16H,4-5,8-10H2,1H3/t11?,12-,14+/m0/s1. The van der Waals surface area contributed by atoms with E-state index < -0.39 is 0 Å². The third-order valence-corrected chi connectivity index (χ3v) is 4.29. The Hall–Kier alpha value is -0.930. The minimum absolute atomic E-state index is 0.448. The molecule has 0 spiro atoms. The first-order valence-corrected chi connectivity index (χ1v) is 6.73. The molecule has 3 heteroatoms. The van der Waals surface area contributed by atoms with Crippen molar-refractivity contribution in [3.05, 3.63) is 30.1 Å². The van der Waals surface area contributed by atoms with Crippen molar-refractivity contribution in [1.29, 1.82) is 0 Å². The van der Waals surface area contributed by atoms with Crippen molar-refractivity contribution in [2.24, 2.45) is 5.92 Å². The average molecular weight is 231 g/mol. The van der Waals surface area contributed by atoms with E-state index in [1.54, 1.807) is 0 Å². The third-order valence-electron chi connectivity index (χ3n) is 4.29. The maximum absolute atomic E-state index is 4.48. The van der Waals surface area contributed by atoms with Crippen LogP contribution in [0.25, 0.3) is 0 Å². The number of nitrogens with zero attached hydrogens (tertiary/aromatic N) is 2. The Bertz CT molecular complexity index is 351. The number of fused-ring (bicyclic) bond motifs is 1. The fourth-order valence-corrected chi connectivity index (χ4v) is 3.21. The second-order valence-corrected chi connectivity index (χ2v) is 5.35. The molecule has 2 fully saturated rings. The fraction of sp³-hybridized carbons (Fsp3) is 0.643. The molecule has 1 N–H and O–H groups in total. The molecule has 2 aliphatic rings. The lowest BCUT2D eigenvalue weighted by atomic mass is 9.94. The minimum Gasteiger partial charge on any atom is -0.312 e. The summed E-state index contributed by atoms with van der Waals surface area (Å²) in [6.45, 7) is 5.89. The second kappa shape index (κ2) is 4.75. The number of rotatable bonds is 2. The van der Waals surface area contributed by atoms with Crippen molar-refractivity contribution in [3.63, 3.8) is 0 Å². The van der Waals surface area contributed by atoms with Crippen LogP contribution in [0.5, 0.6) is 0 Å². The molecule has 0 bridgehead atoms. The van der Waals surface area contributed by atoms with Gasteiger partial charge in [-0.05, 0) is 44.4 Å². The van der Waals surface area contributed by atoms with Crippen LogP contribution in [0, 0.1) is 5.92 Å². The number of nitrogens with one attached hydrogen (secondary N) is 1. The molecule has 0 amide bonds. The van der Waals surface area contributed by atoms with Gasteiger partial charge in [0.1, 0.15) is 0 Å². The molecule has 3 heterocycles. The largest absolute Gasteiger partial charge is 0.312 e. The van der Waals surface area contributed by atoms with E-state index in [2.05, 4.69) is 34.3 Å². The molecular formula is C14H21N3. The summed E-state index contributed by atoms with van der Waals surface area (Å²) in [5.74, 6) is 0.856. The Morgan fingerprint density at radius 2 is 2.35 bits per heavy atom. The van der Waals surface area contributed by atoms with Crippen LogP contribution >= 0.6 is 0 Å². The van der Waals surface area contributed by atoms with Crippen LogP contribution in [0.2, 0.25) is 0 Å². The molecule has 0 aliphatic carbocycles. The number of aromatic nitrogens is 1. The SMILES string of the molecule is CC(c1ccccn1)N1C[C@@H]2CCCN[C@@H]2C1. The lowest BCUT2D eigenvalue weighted by Crippen LogP contribution is -2.40. The maximum Gasteiger partial charge on any atom is 0.0572 e. The monoisotopic (exact) mass is 231 g/mol. The van der Waals surface area contributed by atoms with Gasteiger partial charge in [0.05, 0.1) is 5.69 Å². The van der Waals surface area contributed by atoms with Crippen molar-refractivity contribution in [2.45, 2.75) is 31.8 Å². The number of hydrogen-bond donors (Lipinski definition) is 1. The molecule has 1 aromatic heterocycles. The van der Waals surface area contributed by atoms with Crippen molar-refractivity contribution in [1.82, 2.24) is 15.2 Å². The summed E-state index contributed by atoms with van der Waals surface area (Å²) in [6.07, 6.45) is 4.63. The molecule has 3 rings (SSSR count). The predicted octanol–water partition coefficient (Wildman–Crippen LogP) is 1.83. The summed E-state index contributed by atoms with van der Waals surface area (Å²) in [6, 6.07) is 7.38. The number of pyridine rings is 1. The molecule has 3 nitrogen and oxygen atoms in total. The number of likely N-dealkylation sites (tertiary alicyclic amines) is 1. The molecule has 2 saturated heterocycles. The van der Waals surface area contributed by atoms with Gasteiger partial charge in [-0.2, -0.15) is 0 Å². The Balaban J connectivity index is 1.70. The van der Waals surface area contributed by atoms with Gasteiger partial charge in [0.15, 0.2) is 0 Å². The topological polar surface area (TPSA) is 28.2 Å². The van der Waals surface area contributed by atoms with E-state index in [-0.39, 0.29) is 0 Å². The first kappa shape index (κ1) is 11.2. The fourth-order valence-electron chi connectivity index (χ4n) is 3.21. The molecule has 92 valence electrons. The van der Waals surface area contributed by atoms with Gasteiger partial charge in [0.25, 0.3) is 0 Å². The lowest BCUT2D eigenvalue weighted by Gasteiger charge is -2.25. The predicted molar refractivity (Wildman–Crippen MR) is 68.7 cm³/mol. The zero-order chi connectivity index (χ0) is 11.7. The second-order valence-electron chi connectivity index (χ2n) is 5.35. The maximum atomic E-state index is 4.48. The van der Waals surface area contributed by atoms with Gasteiger partial charge < -0.3 is 5.32 Å². The van der Waals surface area contributed by atoms with Crippen LogP contribution in [-0.4, -0.2) is 35.6 Å². The summed E-state index contributed by atoms with van der Waals surface area (Å²) in [5, 5.41) is 3.66. The zero-order valence-corrected chi connectivity index (χ0v) is 10.5. The highest BCUT2D eigenvalue weighted by molar-refractivity contribution is 5.09. The van der Waals surface area contributed by atoms with Crippen LogP contribution in [0.4, 0.5) is 0 Å². The van der Waals surface area contributed by atoms with Crippen LogP contribution in [0.1, 0.15) is 31.5 Å². The normalized spacial score (nSPS) is 31.1. The smallest absolute Gasteiger partial charge is 0.0572 e. The zero-order valence-electron chi connectivity index (χ0n) is 10.5. The molecule has 0 radical (unpaired) electrons. The van der Waals surface area contributed by atoms with E-state index in [4.69, 9.17) is 0 Å². The highest BCUT2D eigenvalue weighted by Crippen LogP contribution is 2.30. The van der Waals surface area contributed by atoms with Gasteiger partial charge >= 0.3 is 0 Å². The molecule has 2 aliphatic heterocycles. The minimum atomic E-state index is 0.448. The van der Waals surface area contributed by atoms with Gasteiger partial charge in [-0.25, -0.2) is 0 Å². The third kappa shape index (κ3) is 2.22. The molecule has 1 aromatic rings. The molecule has 17 heavy (non-hydrogen) atoms. The highest BCUT2D eigenvalue weighted by Gasteiger charge is 2.36. The highest BCUT2D eigenvalue weighted by atomic mass is 15.2. The Morgan fingerprint density at radius 1 is 1.41 bits per heavy atom. The first-order valence-electron chi connectivity index (χ1n) is 6.73. The van der Waals surface area contributed by atoms with Crippen molar-refractivity contribution >= 4 is 0 Å². The lowest BCUT2D eigenvalue weighted by molar-refractivity contribution is 0.246. The van der Waals surface area contributed by atoms with E-state index >= 15 is 0 Å². The van der Waals surface area contributed by atoms with Gasteiger partial charge in [0, 0.05) is 31.4 Å².